The number of nitrogens with two attached hydrogens (primary N) is 1. The number of aryl methyl sites for hydroxylation is 1. The fourth-order valence-electron chi connectivity index (χ4n) is 1.64. The first kappa shape index (κ1) is 12.5. The van der Waals surface area contributed by atoms with Gasteiger partial charge in [-0.2, -0.15) is 0 Å². The number of halogens is 1. The third kappa shape index (κ3) is 1.54. The number of imide groups is 1. The number of urea groups is 1. The highest BCUT2D eigenvalue weighted by molar-refractivity contribution is 6.07. The molecule has 7 nitrogen and oxygen atoms in total. The molecule has 1 aliphatic heterocycles. The van der Waals surface area contributed by atoms with Crippen LogP contribution in [0, 0.1) is 6.92 Å². The van der Waals surface area contributed by atoms with E-state index >= 15 is 0 Å². The van der Waals surface area contributed by atoms with Crippen molar-refractivity contribution < 1.29 is 14.1 Å². The van der Waals surface area contributed by atoms with Crippen LogP contribution in [0.1, 0.15) is 11.3 Å². The number of amides is 3. The molecule has 0 unspecified atom stereocenters. The summed E-state index contributed by atoms with van der Waals surface area (Å²) in [7, 11) is 0. The van der Waals surface area contributed by atoms with Crippen molar-refractivity contribution in [2.75, 3.05) is 6.54 Å². The summed E-state index contributed by atoms with van der Waals surface area (Å²) < 4.78 is 4.73. The zero-order chi connectivity index (χ0) is 11.1. The van der Waals surface area contributed by atoms with E-state index in [1.165, 1.54) is 6.26 Å². The van der Waals surface area contributed by atoms with Crippen molar-refractivity contribution >= 4 is 24.3 Å². The van der Waals surface area contributed by atoms with Crippen molar-refractivity contribution in [1.29, 1.82) is 0 Å². The summed E-state index contributed by atoms with van der Waals surface area (Å²) in [6, 6.07) is -0.564. The minimum absolute atomic E-state index is 0. The van der Waals surface area contributed by atoms with E-state index in [9.17, 15) is 9.59 Å². The highest BCUT2D eigenvalue weighted by Gasteiger charge is 2.48. The Balaban J connectivity index is 0.00000128. The third-order valence-corrected chi connectivity index (χ3v) is 2.46. The van der Waals surface area contributed by atoms with Gasteiger partial charge in [-0.3, -0.25) is 10.1 Å². The second-order valence-electron chi connectivity index (χ2n) is 3.33. The van der Waals surface area contributed by atoms with E-state index in [1.54, 1.807) is 6.92 Å². The number of nitrogens with zero attached hydrogens (tertiary/aromatic N) is 1. The van der Waals surface area contributed by atoms with E-state index in [0.717, 1.165) is 0 Å². The third-order valence-electron chi connectivity index (χ3n) is 2.46. The van der Waals surface area contributed by atoms with E-state index < -0.39 is 17.5 Å². The van der Waals surface area contributed by atoms with Gasteiger partial charge in [0.1, 0.15) is 6.26 Å². The molecule has 1 aromatic rings. The van der Waals surface area contributed by atoms with Crippen LogP contribution in [0.4, 0.5) is 4.79 Å². The molecule has 8 heteroatoms. The molecule has 1 fully saturated rings. The first-order chi connectivity index (χ1) is 7.10. The lowest BCUT2D eigenvalue weighted by molar-refractivity contribution is -0.124. The second-order valence-corrected chi connectivity index (χ2v) is 3.33. The maximum atomic E-state index is 11.6. The average molecular weight is 247 g/mol. The van der Waals surface area contributed by atoms with Gasteiger partial charge in [-0.1, -0.05) is 5.16 Å². The molecule has 0 saturated carbocycles. The molecule has 0 aromatic carbocycles. The van der Waals surface area contributed by atoms with Crippen LogP contribution < -0.4 is 16.4 Å². The maximum Gasteiger partial charge on any atom is 0.322 e. The van der Waals surface area contributed by atoms with Gasteiger partial charge in [-0.05, 0) is 6.92 Å². The smallest absolute Gasteiger partial charge is 0.322 e. The van der Waals surface area contributed by atoms with Gasteiger partial charge < -0.3 is 15.6 Å². The van der Waals surface area contributed by atoms with Crippen LogP contribution in [0.5, 0.6) is 0 Å². The highest BCUT2D eigenvalue weighted by Crippen LogP contribution is 2.25. The Morgan fingerprint density at radius 2 is 2.25 bits per heavy atom. The first-order valence-corrected chi connectivity index (χ1v) is 4.35. The monoisotopic (exact) mass is 246 g/mol. The Hall–Kier alpha value is -1.60. The number of aromatic nitrogens is 1. The molecule has 0 aliphatic carbocycles. The number of hydrogen-bond acceptors (Lipinski definition) is 5. The molecule has 3 amide bonds. The molecule has 2 heterocycles. The molecule has 1 aliphatic rings. The number of carbonyl (C=O) groups is 2. The molecule has 4 N–H and O–H groups in total. The number of hydrogen-bond donors (Lipinski definition) is 3. The van der Waals surface area contributed by atoms with Crippen molar-refractivity contribution in [3.8, 4) is 0 Å². The van der Waals surface area contributed by atoms with Crippen molar-refractivity contribution in [3.63, 3.8) is 0 Å². The molecule has 1 aromatic heterocycles. The largest absolute Gasteiger partial charge is 0.364 e. The quantitative estimate of drug-likeness (QED) is 0.604. The lowest BCUT2D eigenvalue weighted by Gasteiger charge is -2.22. The zero-order valence-electron chi connectivity index (χ0n) is 8.44. The van der Waals surface area contributed by atoms with Crippen molar-refractivity contribution in [2.24, 2.45) is 5.73 Å². The van der Waals surface area contributed by atoms with Crippen LogP contribution in [-0.4, -0.2) is 23.6 Å². The lowest BCUT2D eigenvalue weighted by Crippen LogP contribution is -2.50. The van der Waals surface area contributed by atoms with Gasteiger partial charge in [0.2, 0.25) is 0 Å². The average Bonchev–Trinajstić information content (AvgIpc) is 2.71. The Kier molecular flexibility index (Phi) is 3.20. The Bertz CT molecular complexity index is 433. The second kappa shape index (κ2) is 4.11. The zero-order valence-corrected chi connectivity index (χ0v) is 9.26. The fraction of sp³-hybridized carbons (Fsp3) is 0.375. The SMILES string of the molecule is Cc1nocc1[C@]1(CN)NC(=O)NC1=O.Cl. The van der Waals surface area contributed by atoms with E-state index in [-0.39, 0.29) is 19.0 Å². The van der Waals surface area contributed by atoms with Crippen molar-refractivity contribution in [2.45, 2.75) is 12.5 Å². The molecule has 2 rings (SSSR count). The summed E-state index contributed by atoms with van der Waals surface area (Å²) in [4.78, 5) is 22.7. The summed E-state index contributed by atoms with van der Waals surface area (Å²) in [6.07, 6.45) is 1.31. The van der Waals surface area contributed by atoms with Gasteiger partial charge in [-0.15, -0.1) is 12.4 Å². The predicted molar refractivity (Wildman–Crippen MR) is 55.9 cm³/mol. The van der Waals surface area contributed by atoms with E-state index in [0.29, 0.717) is 11.3 Å². The summed E-state index contributed by atoms with van der Waals surface area (Å²) >= 11 is 0. The summed E-state index contributed by atoms with van der Waals surface area (Å²) in [5.41, 5.74) is 5.29. The van der Waals surface area contributed by atoms with Crippen LogP contribution in [0.15, 0.2) is 10.8 Å². The molecule has 0 spiro atoms. The highest BCUT2D eigenvalue weighted by atomic mass is 35.5. The number of carbonyl (C=O) groups excluding carboxylic acids is 2. The molecule has 1 saturated heterocycles. The van der Waals surface area contributed by atoms with Gasteiger partial charge in [0.25, 0.3) is 5.91 Å². The molecule has 0 radical (unpaired) electrons. The van der Waals surface area contributed by atoms with Crippen molar-refractivity contribution in [3.05, 3.63) is 17.5 Å². The standard InChI is InChI=1S/C8H10N4O3.ClH/c1-4-5(2-15-12-4)8(3-9)6(13)10-7(14)11-8;/h2H,3,9H2,1H3,(H2,10,11,13,14);1H/t8-;/m0./s1. The normalized spacial score (nSPS) is 23.6. The van der Waals surface area contributed by atoms with Crippen LogP contribution in [0.25, 0.3) is 0 Å². The van der Waals surface area contributed by atoms with Crippen LogP contribution >= 0.6 is 12.4 Å². The van der Waals surface area contributed by atoms with E-state index in [2.05, 4.69) is 15.8 Å². The molecule has 16 heavy (non-hydrogen) atoms. The molecular formula is C8H11ClN4O3. The molecular weight excluding hydrogens is 236 g/mol. The molecule has 1 atom stereocenters. The Morgan fingerprint density at radius 1 is 1.56 bits per heavy atom. The minimum Gasteiger partial charge on any atom is -0.364 e. The lowest BCUT2D eigenvalue weighted by atomic mass is 9.91. The van der Waals surface area contributed by atoms with E-state index in [4.69, 9.17) is 10.3 Å². The van der Waals surface area contributed by atoms with Crippen LogP contribution in [0.3, 0.4) is 0 Å². The van der Waals surface area contributed by atoms with E-state index in [1.807, 2.05) is 0 Å². The van der Waals surface area contributed by atoms with Gasteiger partial charge in [-0.25, -0.2) is 4.79 Å². The predicted octanol–water partition coefficient (Wildman–Crippen LogP) is -0.602. The fourth-order valence-corrected chi connectivity index (χ4v) is 1.64. The summed E-state index contributed by atoms with van der Waals surface area (Å²) in [5, 5.41) is 8.27. The molecule has 0 bridgehead atoms. The summed E-state index contributed by atoms with van der Waals surface area (Å²) in [6.45, 7) is 1.63. The van der Waals surface area contributed by atoms with Crippen molar-refractivity contribution in [1.82, 2.24) is 15.8 Å². The number of rotatable bonds is 2. The topological polar surface area (TPSA) is 110 Å². The van der Waals surface area contributed by atoms with Gasteiger partial charge >= 0.3 is 6.03 Å². The van der Waals surface area contributed by atoms with Crippen LogP contribution in [-0.2, 0) is 10.3 Å². The maximum absolute atomic E-state index is 11.6. The molecule has 88 valence electrons. The Morgan fingerprint density at radius 3 is 2.62 bits per heavy atom. The summed E-state index contributed by atoms with van der Waals surface area (Å²) in [5.74, 6) is -0.485. The van der Waals surface area contributed by atoms with Gasteiger partial charge in [0.05, 0.1) is 11.3 Å². The van der Waals surface area contributed by atoms with Crippen LogP contribution in [0.2, 0.25) is 0 Å². The Labute approximate surface area is 97.1 Å². The van der Waals surface area contributed by atoms with Gasteiger partial charge in [0, 0.05) is 6.54 Å². The number of nitrogens with one attached hydrogen (secondary N) is 2. The minimum atomic E-state index is -1.25. The first-order valence-electron chi connectivity index (χ1n) is 4.35. The van der Waals surface area contributed by atoms with Gasteiger partial charge in [0.15, 0.2) is 5.54 Å².